The van der Waals surface area contributed by atoms with Crippen molar-refractivity contribution in [2.45, 2.75) is 18.2 Å². The summed E-state index contributed by atoms with van der Waals surface area (Å²) >= 11 is 2.48. The monoisotopic (exact) mass is 485 g/mol. The number of anilines is 2. The van der Waals surface area contributed by atoms with Gasteiger partial charge in [0.05, 0.1) is 20.8 Å². The average molecular weight is 486 g/mol. The van der Waals surface area contributed by atoms with Crippen LogP contribution in [0.25, 0.3) is 0 Å². The molecule has 2 aromatic rings. The van der Waals surface area contributed by atoms with Gasteiger partial charge < -0.3 is 19.1 Å². The van der Waals surface area contributed by atoms with E-state index < -0.39 is 16.3 Å². The quantitative estimate of drug-likeness (QED) is 0.553. The van der Waals surface area contributed by atoms with Gasteiger partial charge in [0.1, 0.15) is 16.3 Å². The Bertz CT molecular complexity index is 1140. The van der Waals surface area contributed by atoms with E-state index in [2.05, 4.69) is 5.10 Å². The highest BCUT2D eigenvalue weighted by Crippen LogP contribution is 2.61. The van der Waals surface area contributed by atoms with Crippen molar-refractivity contribution in [3.8, 4) is 5.75 Å². The number of hydrogen-bond donors (Lipinski definition) is 0. The Kier molecular flexibility index (Phi) is 6.57. The van der Waals surface area contributed by atoms with Crippen LogP contribution in [0, 0.1) is 0 Å². The van der Waals surface area contributed by atoms with Gasteiger partial charge in [0.25, 0.3) is 0 Å². The van der Waals surface area contributed by atoms with Crippen LogP contribution in [-0.4, -0.2) is 42.1 Å². The molecule has 0 saturated heterocycles. The SMILES string of the molecule is CCOC(=O)C1=NN(c2ccccc2OC)C2(S1)SC(C(=O)OC)=C(C)N2c1ccccc1. The van der Waals surface area contributed by atoms with E-state index in [1.165, 1.54) is 30.6 Å². The summed E-state index contributed by atoms with van der Waals surface area (Å²) in [5, 5.41) is 6.55. The van der Waals surface area contributed by atoms with Crippen LogP contribution in [0.15, 0.2) is 70.3 Å². The fraction of sp³-hybridized carbons (Fsp3) is 0.261. The third-order valence-electron chi connectivity index (χ3n) is 5.02. The summed E-state index contributed by atoms with van der Waals surface area (Å²) in [5.41, 5.74) is 2.15. The highest BCUT2D eigenvalue weighted by Gasteiger charge is 2.59. The van der Waals surface area contributed by atoms with Gasteiger partial charge in [-0.15, -0.1) is 0 Å². The lowest BCUT2D eigenvalue weighted by Crippen LogP contribution is -2.49. The van der Waals surface area contributed by atoms with Crippen molar-refractivity contribution >= 4 is 51.9 Å². The molecule has 0 aliphatic carbocycles. The zero-order valence-electron chi connectivity index (χ0n) is 18.6. The molecular weight excluding hydrogens is 462 g/mol. The number of hydrogen-bond acceptors (Lipinski definition) is 10. The van der Waals surface area contributed by atoms with Gasteiger partial charge in [0.2, 0.25) is 9.37 Å². The van der Waals surface area contributed by atoms with E-state index in [-0.39, 0.29) is 11.7 Å². The lowest BCUT2D eigenvalue weighted by Gasteiger charge is -2.41. The fourth-order valence-electron chi connectivity index (χ4n) is 3.62. The van der Waals surface area contributed by atoms with E-state index in [1.54, 1.807) is 19.0 Å². The number of ether oxygens (including phenoxy) is 3. The van der Waals surface area contributed by atoms with E-state index in [1.807, 2.05) is 66.4 Å². The third-order valence-corrected chi connectivity index (χ3v) is 7.87. The number of esters is 2. The maximum Gasteiger partial charge on any atom is 0.365 e. The fourth-order valence-corrected chi connectivity index (χ4v) is 6.58. The third kappa shape index (κ3) is 3.93. The first-order valence-electron chi connectivity index (χ1n) is 10.2. The lowest BCUT2D eigenvalue weighted by molar-refractivity contribution is -0.135. The summed E-state index contributed by atoms with van der Waals surface area (Å²) in [6.07, 6.45) is 0. The summed E-state index contributed by atoms with van der Waals surface area (Å²) in [4.78, 5) is 27.9. The topological polar surface area (TPSA) is 80.7 Å². The van der Waals surface area contributed by atoms with E-state index >= 15 is 0 Å². The van der Waals surface area contributed by atoms with Gasteiger partial charge in [-0.2, -0.15) is 5.10 Å². The number of para-hydroxylation sites is 3. The van der Waals surface area contributed by atoms with Crippen LogP contribution >= 0.6 is 23.5 Å². The van der Waals surface area contributed by atoms with Crippen molar-refractivity contribution < 1.29 is 23.8 Å². The minimum absolute atomic E-state index is 0.176. The van der Waals surface area contributed by atoms with Crippen molar-refractivity contribution in [1.82, 2.24) is 0 Å². The average Bonchev–Trinajstić information content (AvgIpc) is 3.36. The largest absolute Gasteiger partial charge is 0.495 e. The standard InChI is InChI=1S/C23H23N3O5S2/c1-5-31-22(28)20-24-26(17-13-9-10-14-18(17)29-3)23(33-20)25(16-11-7-6-8-12-16)15(2)19(32-23)21(27)30-4/h6-14H,5H2,1-4H3. The molecule has 1 unspecified atom stereocenters. The van der Waals surface area contributed by atoms with E-state index in [9.17, 15) is 9.59 Å². The Morgan fingerprint density at radius 3 is 2.36 bits per heavy atom. The number of rotatable bonds is 6. The molecule has 2 aliphatic heterocycles. The predicted octanol–water partition coefficient (Wildman–Crippen LogP) is 4.39. The Morgan fingerprint density at radius 2 is 1.70 bits per heavy atom. The van der Waals surface area contributed by atoms with Crippen LogP contribution in [0.4, 0.5) is 11.4 Å². The second kappa shape index (κ2) is 9.40. The highest BCUT2D eigenvalue weighted by molar-refractivity contribution is 8.29. The number of benzene rings is 2. The maximum atomic E-state index is 12.7. The number of allylic oxidation sites excluding steroid dienone is 1. The van der Waals surface area contributed by atoms with Crippen LogP contribution in [0.3, 0.4) is 0 Å². The molecule has 1 spiro atoms. The molecule has 2 aliphatic rings. The molecule has 33 heavy (non-hydrogen) atoms. The minimum atomic E-state index is -1.06. The molecule has 0 N–H and O–H groups in total. The van der Waals surface area contributed by atoms with E-state index in [0.717, 1.165) is 5.69 Å². The summed E-state index contributed by atoms with van der Waals surface area (Å²) in [6.45, 7) is 3.82. The number of methoxy groups -OCH3 is 2. The molecule has 0 radical (unpaired) electrons. The zero-order chi connectivity index (χ0) is 23.6. The first-order chi connectivity index (χ1) is 16.0. The molecule has 2 heterocycles. The van der Waals surface area contributed by atoms with Crippen molar-refractivity contribution in [3.63, 3.8) is 0 Å². The molecule has 8 nitrogen and oxygen atoms in total. The van der Waals surface area contributed by atoms with Gasteiger partial charge in [0, 0.05) is 11.4 Å². The molecular formula is C23H23N3O5S2. The molecule has 0 fully saturated rings. The highest BCUT2D eigenvalue weighted by atomic mass is 32.2. The van der Waals surface area contributed by atoms with Gasteiger partial charge in [-0.25, -0.2) is 14.6 Å². The molecule has 0 saturated carbocycles. The van der Waals surface area contributed by atoms with Crippen LogP contribution < -0.4 is 14.6 Å². The smallest absolute Gasteiger partial charge is 0.365 e. The van der Waals surface area contributed by atoms with Crippen LogP contribution in [-0.2, 0) is 19.1 Å². The summed E-state index contributed by atoms with van der Waals surface area (Å²) in [7, 11) is 2.92. The van der Waals surface area contributed by atoms with E-state index in [0.29, 0.717) is 22.0 Å². The lowest BCUT2D eigenvalue weighted by atomic mass is 10.2. The predicted molar refractivity (Wildman–Crippen MR) is 131 cm³/mol. The van der Waals surface area contributed by atoms with Crippen LogP contribution in [0.1, 0.15) is 13.8 Å². The van der Waals surface area contributed by atoms with Crippen molar-refractivity contribution in [2.24, 2.45) is 5.10 Å². The van der Waals surface area contributed by atoms with Crippen LogP contribution in [0.2, 0.25) is 0 Å². The molecule has 4 rings (SSSR count). The van der Waals surface area contributed by atoms with E-state index in [4.69, 9.17) is 14.2 Å². The summed E-state index contributed by atoms with van der Waals surface area (Å²) in [5.74, 6) is -0.415. The number of hydrazone groups is 1. The van der Waals surface area contributed by atoms with Gasteiger partial charge in [-0.05, 0) is 49.9 Å². The Hall–Kier alpha value is -3.11. The van der Waals surface area contributed by atoms with Gasteiger partial charge in [-0.1, -0.05) is 42.1 Å². The number of carbonyl (C=O) groups excluding carboxylic acids is 2. The number of carbonyl (C=O) groups is 2. The van der Waals surface area contributed by atoms with Crippen molar-refractivity contribution in [2.75, 3.05) is 30.7 Å². The Balaban J connectivity index is 1.93. The molecule has 2 aromatic carbocycles. The number of nitrogens with zero attached hydrogens (tertiary/aromatic N) is 3. The maximum absolute atomic E-state index is 12.7. The second-order valence-electron chi connectivity index (χ2n) is 6.94. The van der Waals surface area contributed by atoms with Gasteiger partial charge in [-0.3, -0.25) is 0 Å². The second-order valence-corrected chi connectivity index (χ2v) is 9.54. The van der Waals surface area contributed by atoms with Crippen LogP contribution in [0.5, 0.6) is 5.75 Å². The molecule has 172 valence electrons. The van der Waals surface area contributed by atoms with Gasteiger partial charge in [0.15, 0.2) is 0 Å². The number of thioether (sulfide) groups is 2. The van der Waals surface area contributed by atoms with Crippen molar-refractivity contribution in [1.29, 1.82) is 0 Å². The summed E-state index contributed by atoms with van der Waals surface area (Å²) in [6, 6.07) is 17.0. The molecule has 0 amide bonds. The minimum Gasteiger partial charge on any atom is -0.495 e. The molecule has 10 heteroatoms. The Labute approximate surface area is 200 Å². The Morgan fingerprint density at radius 1 is 1.00 bits per heavy atom. The van der Waals surface area contributed by atoms with Gasteiger partial charge >= 0.3 is 11.9 Å². The summed E-state index contributed by atoms with van der Waals surface area (Å²) < 4.78 is 14.8. The molecule has 1 atom stereocenters. The first kappa shape index (κ1) is 23.1. The zero-order valence-corrected chi connectivity index (χ0v) is 20.2. The molecule has 0 bridgehead atoms. The molecule has 0 aromatic heterocycles. The first-order valence-corrected chi connectivity index (χ1v) is 11.8. The van der Waals surface area contributed by atoms with Crippen molar-refractivity contribution in [3.05, 3.63) is 65.2 Å². The normalized spacial score (nSPS) is 19.7.